The number of hydrogen-bond donors (Lipinski definition) is 0. The van der Waals surface area contributed by atoms with Crippen LogP contribution >= 0.6 is 0 Å². The molecule has 2 aromatic rings. The molecule has 1 aromatic carbocycles. The highest BCUT2D eigenvalue weighted by Crippen LogP contribution is 2.26. The predicted octanol–water partition coefficient (Wildman–Crippen LogP) is 4.01. The second kappa shape index (κ2) is 4.31. The molecule has 2 rings (SSSR count). The molecule has 0 bridgehead atoms. The van der Waals surface area contributed by atoms with Crippen LogP contribution in [-0.2, 0) is 0 Å². The lowest BCUT2D eigenvalue weighted by Crippen LogP contribution is -1.92. The molecule has 1 heteroatoms. The Morgan fingerprint density at radius 2 is 1.88 bits per heavy atom. The van der Waals surface area contributed by atoms with Crippen molar-refractivity contribution in [2.75, 3.05) is 0 Å². The second-order valence-corrected chi connectivity index (χ2v) is 3.87. The molecule has 0 aliphatic carbocycles. The Balaban J connectivity index is 2.60. The van der Waals surface area contributed by atoms with Gasteiger partial charge in [0.25, 0.3) is 0 Å². The van der Waals surface area contributed by atoms with Crippen LogP contribution in [-0.4, -0.2) is 4.98 Å². The van der Waals surface area contributed by atoms with E-state index in [1.165, 1.54) is 22.3 Å². The number of pyridine rings is 1. The minimum atomic E-state index is 1.03. The summed E-state index contributed by atoms with van der Waals surface area (Å²) in [5.41, 5.74) is 5.97. The maximum absolute atomic E-state index is 4.38. The summed E-state index contributed by atoms with van der Waals surface area (Å²) in [7, 11) is 0. The van der Waals surface area contributed by atoms with Crippen LogP contribution < -0.4 is 0 Å². The van der Waals surface area contributed by atoms with Crippen LogP contribution in [0.3, 0.4) is 0 Å². The second-order valence-electron chi connectivity index (χ2n) is 3.87. The molecule has 0 radical (unpaired) electrons. The molecule has 0 unspecified atom stereocenters. The molecule has 0 aliphatic heterocycles. The predicted molar refractivity (Wildman–Crippen MR) is 69.2 cm³/mol. The number of benzene rings is 1. The zero-order valence-corrected chi connectivity index (χ0v) is 9.70. The number of aromatic nitrogens is 1. The van der Waals surface area contributed by atoms with Crippen molar-refractivity contribution >= 4 is 6.08 Å². The van der Waals surface area contributed by atoms with Gasteiger partial charge < -0.3 is 0 Å². The Kier molecular flexibility index (Phi) is 2.86. The standard InChI is InChI=1S/C15H15N/c1-4-13-8-9-14(12(3)11(13)2)15-7-5-6-10-16-15/h4-10H,1H2,2-3H3. The summed E-state index contributed by atoms with van der Waals surface area (Å²) in [5.74, 6) is 0. The van der Waals surface area contributed by atoms with E-state index in [-0.39, 0.29) is 0 Å². The molecular formula is C15H15N. The maximum atomic E-state index is 4.38. The van der Waals surface area contributed by atoms with Crippen molar-refractivity contribution in [3.63, 3.8) is 0 Å². The molecule has 80 valence electrons. The van der Waals surface area contributed by atoms with Crippen molar-refractivity contribution in [3.8, 4) is 11.3 Å². The number of hydrogen-bond acceptors (Lipinski definition) is 1. The van der Waals surface area contributed by atoms with Crippen molar-refractivity contribution in [3.05, 3.63) is 59.8 Å². The zero-order valence-electron chi connectivity index (χ0n) is 9.70. The molecule has 0 amide bonds. The highest BCUT2D eigenvalue weighted by molar-refractivity contribution is 5.69. The third kappa shape index (κ3) is 1.76. The zero-order chi connectivity index (χ0) is 11.5. The van der Waals surface area contributed by atoms with E-state index >= 15 is 0 Å². The van der Waals surface area contributed by atoms with Crippen LogP contribution in [0, 0.1) is 13.8 Å². The quantitative estimate of drug-likeness (QED) is 0.728. The van der Waals surface area contributed by atoms with Crippen molar-refractivity contribution < 1.29 is 0 Å². The van der Waals surface area contributed by atoms with Gasteiger partial charge in [0.15, 0.2) is 0 Å². The lowest BCUT2D eigenvalue weighted by atomic mass is 9.96. The van der Waals surface area contributed by atoms with E-state index in [0.717, 1.165) is 5.69 Å². The normalized spacial score (nSPS) is 10.1. The van der Waals surface area contributed by atoms with Gasteiger partial charge in [-0.25, -0.2) is 0 Å². The van der Waals surface area contributed by atoms with E-state index in [1.807, 2.05) is 30.5 Å². The summed E-state index contributed by atoms with van der Waals surface area (Å²) in [5, 5.41) is 0. The van der Waals surface area contributed by atoms with Crippen LogP contribution in [0.1, 0.15) is 16.7 Å². The summed E-state index contributed by atoms with van der Waals surface area (Å²) in [6, 6.07) is 10.2. The third-order valence-electron chi connectivity index (χ3n) is 2.99. The van der Waals surface area contributed by atoms with E-state index in [4.69, 9.17) is 0 Å². The van der Waals surface area contributed by atoms with Gasteiger partial charge >= 0.3 is 0 Å². The fourth-order valence-electron chi connectivity index (χ4n) is 1.86. The number of rotatable bonds is 2. The Hall–Kier alpha value is -1.89. The highest BCUT2D eigenvalue weighted by atomic mass is 14.7. The molecule has 0 spiro atoms. The highest BCUT2D eigenvalue weighted by Gasteiger charge is 2.06. The van der Waals surface area contributed by atoms with Crippen LogP contribution in [0.5, 0.6) is 0 Å². The summed E-state index contributed by atoms with van der Waals surface area (Å²) in [6.07, 6.45) is 3.72. The van der Waals surface area contributed by atoms with Gasteiger partial charge in [0.2, 0.25) is 0 Å². The van der Waals surface area contributed by atoms with Crippen molar-refractivity contribution in [1.82, 2.24) is 4.98 Å². The summed E-state index contributed by atoms with van der Waals surface area (Å²) >= 11 is 0. The Labute approximate surface area is 96.5 Å². The van der Waals surface area contributed by atoms with Crippen LogP contribution in [0.4, 0.5) is 0 Å². The van der Waals surface area contributed by atoms with Crippen molar-refractivity contribution in [2.45, 2.75) is 13.8 Å². The van der Waals surface area contributed by atoms with Crippen LogP contribution in [0.15, 0.2) is 43.1 Å². The smallest absolute Gasteiger partial charge is 0.0704 e. The summed E-state index contributed by atoms with van der Waals surface area (Å²) in [6.45, 7) is 8.07. The molecule has 16 heavy (non-hydrogen) atoms. The first-order valence-electron chi connectivity index (χ1n) is 5.38. The monoisotopic (exact) mass is 209 g/mol. The molecule has 1 nitrogen and oxygen atoms in total. The molecule has 0 aliphatic rings. The minimum absolute atomic E-state index is 1.03. The topological polar surface area (TPSA) is 12.9 Å². The largest absolute Gasteiger partial charge is 0.256 e. The first-order chi connectivity index (χ1) is 7.74. The van der Waals surface area contributed by atoms with E-state index in [9.17, 15) is 0 Å². The molecule has 0 saturated heterocycles. The van der Waals surface area contributed by atoms with Gasteiger partial charge in [0.1, 0.15) is 0 Å². The van der Waals surface area contributed by atoms with Gasteiger partial charge in [-0.05, 0) is 42.7 Å². The SMILES string of the molecule is C=Cc1ccc(-c2ccccn2)c(C)c1C. The van der Waals surface area contributed by atoms with Gasteiger partial charge in [-0.1, -0.05) is 30.9 Å². The van der Waals surface area contributed by atoms with Crippen LogP contribution in [0.25, 0.3) is 17.3 Å². The van der Waals surface area contributed by atoms with Gasteiger partial charge in [0, 0.05) is 11.8 Å². The van der Waals surface area contributed by atoms with Gasteiger partial charge in [-0.3, -0.25) is 4.98 Å². The molecule has 1 heterocycles. The number of nitrogens with zero attached hydrogens (tertiary/aromatic N) is 1. The Morgan fingerprint density at radius 1 is 1.06 bits per heavy atom. The van der Waals surface area contributed by atoms with Gasteiger partial charge in [-0.2, -0.15) is 0 Å². The molecule has 0 saturated carbocycles. The van der Waals surface area contributed by atoms with Crippen LogP contribution in [0.2, 0.25) is 0 Å². The molecule has 0 N–H and O–H groups in total. The van der Waals surface area contributed by atoms with Crippen molar-refractivity contribution in [1.29, 1.82) is 0 Å². The van der Waals surface area contributed by atoms with E-state index in [0.29, 0.717) is 0 Å². The average molecular weight is 209 g/mol. The maximum Gasteiger partial charge on any atom is 0.0704 e. The lowest BCUT2D eigenvalue weighted by Gasteiger charge is -2.10. The fourth-order valence-corrected chi connectivity index (χ4v) is 1.86. The minimum Gasteiger partial charge on any atom is -0.256 e. The molecule has 0 atom stereocenters. The fraction of sp³-hybridized carbons (Fsp3) is 0.133. The Bertz CT molecular complexity index is 512. The third-order valence-corrected chi connectivity index (χ3v) is 2.99. The van der Waals surface area contributed by atoms with E-state index in [1.54, 1.807) is 0 Å². The van der Waals surface area contributed by atoms with E-state index in [2.05, 4.69) is 37.5 Å². The summed E-state index contributed by atoms with van der Waals surface area (Å²) in [4.78, 5) is 4.38. The first-order valence-corrected chi connectivity index (χ1v) is 5.38. The molecule has 0 fully saturated rings. The summed E-state index contributed by atoms with van der Waals surface area (Å²) < 4.78 is 0. The first kappa shape index (κ1) is 10.6. The Morgan fingerprint density at radius 3 is 2.50 bits per heavy atom. The lowest BCUT2D eigenvalue weighted by molar-refractivity contribution is 1.27. The average Bonchev–Trinajstić information content (AvgIpc) is 2.34. The van der Waals surface area contributed by atoms with Crippen molar-refractivity contribution in [2.24, 2.45) is 0 Å². The molecular weight excluding hydrogens is 194 g/mol. The van der Waals surface area contributed by atoms with E-state index < -0.39 is 0 Å². The van der Waals surface area contributed by atoms with Gasteiger partial charge in [-0.15, -0.1) is 0 Å². The molecule has 1 aromatic heterocycles. The van der Waals surface area contributed by atoms with Gasteiger partial charge in [0.05, 0.1) is 5.69 Å².